The van der Waals surface area contributed by atoms with Crippen molar-refractivity contribution in [2.75, 3.05) is 6.26 Å². The highest BCUT2D eigenvalue weighted by molar-refractivity contribution is 7.90. The molecule has 0 bridgehead atoms. The van der Waals surface area contributed by atoms with Crippen molar-refractivity contribution >= 4 is 9.84 Å². The van der Waals surface area contributed by atoms with Crippen molar-refractivity contribution in [1.29, 1.82) is 0 Å². The van der Waals surface area contributed by atoms with Gasteiger partial charge in [-0.05, 0) is 67.5 Å². The summed E-state index contributed by atoms with van der Waals surface area (Å²) < 4.78 is 61.9. The van der Waals surface area contributed by atoms with Gasteiger partial charge >= 0.3 is 6.18 Å². The average molecular weight is 411 g/mol. The Hall–Kier alpha value is -1.86. The lowest BCUT2D eigenvalue weighted by Crippen LogP contribution is -2.29. The molecule has 1 saturated carbocycles. The van der Waals surface area contributed by atoms with Crippen LogP contribution in [0.25, 0.3) is 0 Å². The van der Waals surface area contributed by atoms with Crippen LogP contribution in [-0.4, -0.2) is 20.7 Å². The Morgan fingerprint density at radius 1 is 1.07 bits per heavy atom. The van der Waals surface area contributed by atoms with Crippen molar-refractivity contribution in [3.8, 4) is 0 Å². The standard InChI is InChI=1S/C21H24F3NO2S/c1-14(16-4-3-5-18(12-16)21(22,23)24)25-19-9-6-17(13-19)15-7-10-20(11-8-15)28(2,26)27/h3-5,7-8,10-12,14,17,19,25H,6,9,13H2,1-2H3. The van der Waals surface area contributed by atoms with Crippen molar-refractivity contribution in [2.45, 2.75) is 55.3 Å². The molecule has 3 rings (SSSR count). The second kappa shape index (κ2) is 7.87. The van der Waals surface area contributed by atoms with E-state index >= 15 is 0 Å². The highest BCUT2D eigenvalue weighted by Gasteiger charge is 2.31. The first kappa shape index (κ1) is 20.9. The molecule has 3 nitrogen and oxygen atoms in total. The van der Waals surface area contributed by atoms with E-state index in [0.717, 1.165) is 30.9 Å². The van der Waals surface area contributed by atoms with Crippen LogP contribution in [0, 0.1) is 0 Å². The number of alkyl halides is 3. The molecule has 1 N–H and O–H groups in total. The maximum Gasteiger partial charge on any atom is 0.416 e. The molecule has 0 amide bonds. The van der Waals surface area contributed by atoms with E-state index in [2.05, 4.69) is 5.32 Å². The molecule has 2 aromatic rings. The summed E-state index contributed by atoms with van der Waals surface area (Å²) in [6.07, 6.45) is -0.381. The number of benzene rings is 2. The number of hydrogen-bond donors (Lipinski definition) is 1. The Morgan fingerprint density at radius 2 is 1.75 bits per heavy atom. The summed E-state index contributed by atoms with van der Waals surface area (Å²) in [6.45, 7) is 1.88. The lowest BCUT2D eigenvalue weighted by molar-refractivity contribution is -0.137. The molecule has 0 aromatic heterocycles. The molecule has 1 fully saturated rings. The lowest BCUT2D eigenvalue weighted by atomic mass is 9.97. The summed E-state index contributed by atoms with van der Waals surface area (Å²) in [7, 11) is -3.21. The monoisotopic (exact) mass is 411 g/mol. The minimum Gasteiger partial charge on any atom is -0.307 e. The zero-order valence-electron chi connectivity index (χ0n) is 15.8. The van der Waals surface area contributed by atoms with Gasteiger partial charge in [-0.2, -0.15) is 13.2 Å². The minimum absolute atomic E-state index is 0.182. The first-order valence-electron chi connectivity index (χ1n) is 9.27. The third-order valence-electron chi connectivity index (χ3n) is 5.41. The van der Waals surface area contributed by atoms with E-state index in [1.165, 1.54) is 18.4 Å². The largest absolute Gasteiger partial charge is 0.416 e. The third-order valence-corrected chi connectivity index (χ3v) is 6.54. The van der Waals surface area contributed by atoms with Gasteiger partial charge in [-0.15, -0.1) is 0 Å². The lowest BCUT2D eigenvalue weighted by Gasteiger charge is -2.21. The summed E-state index contributed by atoms with van der Waals surface area (Å²) in [5.41, 5.74) is 1.09. The fourth-order valence-electron chi connectivity index (χ4n) is 3.86. The summed E-state index contributed by atoms with van der Waals surface area (Å²) in [5, 5.41) is 3.45. The van der Waals surface area contributed by atoms with Crippen LogP contribution in [0.15, 0.2) is 53.4 Å². The normalized spacial score (nSPS) is 21.6. The number of nitrogens with one attached hydrogen (secondary N) is 1. The van der Waals surface area contributed by atoms with Gasteiger partial charge in [0.1, 0.15) is 0 Å². The van der Waals surface area contributed by atoms with Crippen LogP contribution < -0.4 is 5.32 Å². The predicted molar refractivity (Wildman–Crippen MR) is 103 cm³/mol. The zero-order chi connectivity index (χ0) is 20.5. The van der Waals surface area contributed by atoms with Crippen molar-refractivity contribution in [2.24, 2.45) is 0 Å². The molecule has 3 unspecified atom stereocenters. The van der Waals surface area contributed by atoms with Crippen LogP contribution in [-0.2, 0) is 16.0 Å². The van der Waals surface area contributed by atoms with Gasteiger partial charge in [0.2, 0.25) is 0 Å². The SMILES string of the molecule is CC(NC1CCC(c2ccc(S(C)(=O)=O)cc2)C1)c1cccc(C(F)(F)F)c1. The molecule has 0 aliphatic heterocycles. The molecule has 1 aliphatic carbocycles. The maximum atomic E-state index is 12.9. The summed E-state index contributed by atoms with van der Waals surface area (Å²) in [5.74, 6) is 0.319. The quantitative estimate of drug-likeness (QED) is 0.745. The van der Waals surface area contributed by atoms with Gasteiger partial charge in [-0.3, -0.25) is 0 Å². The Kier molecular flexibility index (Phi) is 5.87. The summed E-state index contributed by atoms with van der Waals surface area (Å²) >= 11 is 0. The Balaban J connectivity index is 1.63. The molecule has 0 heterocycles. The van der Waals surface area contributed by atoms with Crippen molar-refractivity contribution in [3.63, 3.8) is 0 Å². The molecule has 2 aromatic carbocycles. The maximum absolute atomic E-state index is 12.9. The minimum atomic E-state index is -4.34. The van der Waals surface area contributed by atoms with E-state index in [1.807, 2.05) is 19.1 Å². The smallest absolute Gasteiger partial charge is 0.307 e. The first-order valence-corrected chi connectivity index (χ1v) is 11.2. The van der Waals surface area contributed by atoms with E-state index in [4.69, 9.17) is 0 Å². The van der Waals surface area contributed by atoms with E-state index in [0.29, 0.717) is 16.4 Å². The van der Waals surface area contributed by atoms with E-state index in [1.54, 1.807) is 18.2 Å². The van der Waals surface area contributed by atoms with Gasteiger partial charge < -0.3 is 5.32 Å². The van der Waals surface area contributed by atoms with Gasteiger partial charge in [0.05, 0.1) is 10.5 Å². The number of hydrogen-bond acceptors (Lipinski definition) is 3. The van der Waals surface area contributed by atoms with E-state index in [-0.39, 0.29) is 12.1 Å². The fraction of sp³-hybridized carbons (Fsp3) is 0.429. The fourth-order valence-corrected chi connectivity index (χ4v) is 4.49. The molecule has 0 radical (unpaired) electrons. The van der Waals surface area contributed by atoms with Crippen LogP contribution in [0.2, 0.25) is 0 Å². The molecule has 1 aliphatic rings. The van der Waals surface area contributed by atoms with Gasteiger partial charge in [0.25, 0.3) is 0 Å². The van der Waals surface area contributed by atoms with Crippen LogP contribution in [0.5, 0.6) is 0 Å². The number of halogens is 3. The molecular formula is C21H24F3NO2S. The van der Waals surface area contributed by atoms with Crippen molar-refractivity contribution in [3.05, 3.63) is 65.2 Å². The molecular weight excluding hydrogens is 387 g/mol. The topological polar surface area (TPSA) is 46.2 Å². The zero-order valence-corrected chi connectivity index (χ0v) is 16.6. The van der Waals surface area contributed by atoms with Gasteiger partial charge in [0.15, 0.2) is 9.84 Å². The highest BCUT2D eigenvalue weighted by atomic mass is 32.2. The molecule has 152 valence electrons. The van der Waals surface area contributed by atoms with Crippen LogP contribution in [0.4, 0.5) is 13.2 Å². The second-order valence-electron chi connectivity index (χ2n) is 7.56. The van der Waals surface area contributed by atoms with Crippen molar-refractivity contribution < 1.29 is 21.6 Å². The molecule has 28 heavy (non-hydrogen) atoms. The highest BCUT2D eigenvalue weighted by Crippen LogP contribution is 2.36. The van der Waals surface area contributed by atoms with Crippen molar-refractivity contribution in [1.82, 2.24) is 5.32 Å². The third kappa shape index (κ3) is 4.94. The molecule has 7 heteroatoms. The summed E-state index contributed by atoms with van der Waals surface area (Å²) in [6, 6.07) is 12.5. The molecule has 0 saturated heterocycles. The molecule has 0 spiro atoms. The summed E-state index contributed by atoms with van der Waals surface area (Å²) in [4.78, 5) is 0.307. The van der Waals surface area contributed by atoms with Gasteiger partial charge in [-0.25, -0.2) is 8.42 Å². The van der Waals surface area contributed by atoms with Crippen LogP contribution in [0.1, 0.15) is 54.8 Å². The second-order valence-corrected chi connectivity index (χ2v) is 9.58. The van der Waals surface area contributed by atoms with E-state index in [9.17, 15) is 21.6 Å². The Bertz CT molecular complexity index is 923. The Morgan fingerprint density at radius 3 is 2.36 bits per heavy atom. The van der Waals surface area contributed by atoms with Gasteiger partial charge in [0, 0.05) is 18.3 Å². The average Bonchev–Trinajstić information content (AvgIpc) is 3.09. The first-order chi connectivity index (χ1) is 13.0. The van der Waals surface area contributed by atoms with Crippen LogP contribution in [0.3, 0.4) is 0 Å². The number of sulfone groups is 1. The Labute approximate surface area is 163 Å². The molecule has 3 atom stereocenters. The number of rotatable bonds is 5. The predicted octanol–water partition coefficient (Wildman–Crippen LogP) is 5.10. The van der Waals surface area contributed by atoms with Crippen LogP contribution >= 0.6 is 0 Å². The van der Waals surface area contributed by atoms with Gasteiger partial charge in [-0.1, -0.05) is 24.3 Å². The van der Waals surface area contributed by atoms with E-state index < -0.39 is 21.6 Å².